The Bertz CT molecular complexity index is 584. The summed E-state index contributed by atoms with van der Waals surface area (Å²) in [4.78, 5) is 16.7. The van der Waals surface area contributed by atoms with E-state index in [1.807, 2.05) is 6.92 Å². The minimum atomic E-state index is -0.393. The normalized spacial score (nSPS) is 25.8. The molecule has 2 aliphatic heterocycles. The molecular formula is C20H31N3O2. The molecule has 5 nitrogen and oxygen atoms in total. The lowest BCUT2D eigenvalue weighted by molar-refractivity contribution is 0.0423. The van der Waals surface area contributed by atoms with Crippen molar-refractivity contribution in [2.24, 2.45) is 5.92 Å². The molecule has 0 aromatic heterocycles. The third-order valence-electron chi connectivity index (χ3n) is 5.78. The summed E-state index contributed by atoms with van der Waals surface area (Å²) in [7, 11) is 0. The van der Waals surface area contributed by atoms with Crippen LogP contribution in [0.1, 0.15) is 37.3 Å². The molecule has 2 N–H and O–H groups in total. The zero-order valence-electron chi connectivity index (χ0n) is 15.4. The van der Waals surface area contributed by atoms with Crippen LogP contribution in [-0.2, 0) is 6.54 Å². The summed E-state index contributed by atoms with van der Waals surface area (Å²) in [5.74, 6) is 0.286. The molecule has 3 rings (SSSR count). The topological polar surface area (TPSA) is 55.8 Å². The minimum absolute atomic E-state index is 0.0108. The van der Waals surface area contributed by atoms with Gasteiger partial charge in [-0.15, -0.1) is 0 Å². The standard InChI is InChI=1S/C20H31N3O2/c1-15-5-3-4-6-17(15)13-22-10-8-18(9-11-22)21-20(25)23-12-7-16(2)19(24)14-23/h3-6,16,18-19,24H,7-14H2,1-2H3,(H,21,25). The zero-order valence-corrected chi connectivity index (χ0v) is 15.4. The van der Waals surface area contributed by atoms with E-state index in [9.17, 15) is 9.90 Å². The van der Waals surface area contributed by atoms with Gasteiger partial charge in [-0.1, -0.05) is 31.2 Å². The van der Waals surface area contributed by atoms with E-state index >= 15 is 0 Å². The molecule has 25 heavy (non-hydrogen) atoms. The Balaban J connectivity index is 1.43. The number of piperidine rings is 2. The van der Waals surface area contributed by atoms with Gasteiger partial charge >= 0.3 is 6.03 Å². The van der Waals surface area contributed by atoms with Crippen LogP contribution in [0.15, 0.2) is 24.3 Å². The van der Waals surface area contributed by atoms with E-state index in [0.717, 1.165) is 45.4 Å². The molecule has 2 amide bonds. The number of nitrogens with zero attached hydrogens (tertiary/aromatic N) is 2. The number of β-amino-alcohol motifs (C(OH)–C–C–N with tert-alkyl or cyclic N) is 1. The number of aryl methyl sites for hydroxylation is 1. The lowest BCUT2D eigenvalue weighted by Crippen LogP contribution is -2.53. The van der Waals surface area contributed by atoms with Gasteiger partial charge in [-0.2, -0.15) is 0 Å². The summed E-state index contributed by atoms with van der Waals surface area (Å²) < 4.78 is 0. The molecule has 0 spiro atoms. The third kappa shape index (κ3) is 4.73. The predicted molar refractivity (Wildman–Crippen MR) is 99.4 cm³/mol. The highest BCUT2D eigenvalue weighted by Gasteiger charge is 2.29. The fraction of sp³-hybridized carbons (Fsp3) is 0.650. The molecule has 2 aliphatic rings. The summed E-state index contributed by atoms with van der Waals surface area (Å²) in [5, 5.41) is 13.1. The average molecular weight is 345 g/mol. The Morgan fingerprint density at radius 3 is 2.60 bits per heavy atom. The number of hydrogen-bond acceptors (Lipinski definition) is 3. The average Bonchev–Trinajstić information content (AvgIpc) is 2.61. The molecule has 0 radical (unpaired) electrons. The molecule has 1 aromatic rings. The Morgan fingerprint density at radius 1 is 1.20 bits per heavy atom. The first-order valence-electron chi connectivity index (χ1n) is 9.53. The maximum absolute atomic E-state index is 12.4. The first kappa shape index (κ1) is 18.2. The van der Waals surface area contributed by atoms with E-state index in [4.69, 9.17) is 0 Å². The molecule has 1 aromatic carbocycles. The van der Waals surface area contributed by atoms with Crippen molar-refractivity contribution < 1.29 is 9.90 Å². The van der Waals surface area contributed by atoms with Gasteiger partial charge in [-0.25, -0.2) is 4.79 Å². The van der Waals surface area contributed by atoms with Gasteiger partial charge in [0.2, 0.25) is 0 Å². The molecule has 2 saturated heterocycles. The molecule has 0 saturated carbocycles. The van der Waals surface area contributed by atoms with Crippen molar-refractivity contribution in [2.75, 3.05) is 26.2 Å². The fourth-order valence-electron chi connectivity index (χ4n) is 3.76. The van der Waals surface area contributed by atoms with Crippen molar-refractivity contribution in [3.8, 4) is 0 Å². The number of carbonyl (C=O) groups excluding carboxylic acids is 1. The Hall–Kier alpha value is -1.59. The van der Waals surface area contributed by atoms with Crippen molar-refractivity contribution in [3.63, 3.8) is 0 Å². The van der Waals surface area contributed by atoms with Gasteiger partial charge in [-0.3, -0.25) is 4.90 Å². The number of aliphatic hydroxyl groups excluding tert-OH is 1. The molecule has 2 fully saturated rings. The lowest BCUT2D eigenvalue weighted by Gasteiger charge is -2.37. The maximum Gasteiger partial charge on any atom is 0.317 e. The lowest BCUT2D eigenvalue weighted by atomic mass is 9.96. The number of benzene rings is 1. The molecule has 2 unspecified atom stereocenters. The van der Waals surface area contributed by atoms with Crippen molar-refractivity contribution in [3.05, 3.63) is 35.4 Å². The number of hydrogen-bond donors (Lipinski definition) is 2. The van der Waals surface area contributed by atoms with Gasteiger partial charge in [0.05, 0.1) is 6.10 Å². The quantitative estimate of drug-likeness (QED) is 0.884. The van der Waals surface area contributed by atoms with Gasteiger partial charge < -0.3 is 15.3 Å². The number of urea groups is 1. The molecule has 0 aliphatic carbocycles. The molecule has 138 valence electrons. The summed E-state index contributed by atoms with van der Waals surface area (Å²) in [5.41, 5.74) is 2.73. The Morgan fingerprint density at radius 2 is 1.92 bits per heavy atom. The highest BCUT2D eigenvalue weighted by atomic mass is 16.3. The van der Waals surface area contributed by atoms with Crippen LogP contribution in [0.4, 0.5) is 4.79 Å². The molecule has 2 atom stereocenters. The molecule has 2 heterocycles. The van der Waals surface area contributed by atoms with Gasteiger partial charge in [0, 0.05) is 38.8 Å². The second kappa shape index (κ2) is 8.19. The van der Waals surface area contributed by atoms with E-state index < -0.39 is 6.10 Å². The van der Waals surface area contributed by atoms with Crippen molar-refractivity contribution in [2.45, 2.75) is 51.8 Å². The first-order valence-corrected chi connectivity index (χ1v) is 9.53. The van der Waals surface area contributed by atoms with Crippen LogP contribution in [0.5, 0.6) is 0 Å². The van der Waals surface area contributed by atoms with Gasteiger partial charge in [0.15, 0.2) is 0 Å². The second-order valence-corrected chi connectivity index (χ2v) is 7.71. The number of aliphatic hydroxyl groups is 1. The Kier molecular flexibility index (Phi) is 5.97. The predicted octanol–water partition coefficient (Wildman–Crippen LogP) is 2.37. The first-order chi connectivity index (χ1) is 12.0. The molecular weight excluding hydrogens is 314 g/mol. The second-order valence-electron chi connectivity index (χ2n) is 7.71. The van der Waals surface area contributed by atoms with Crippen molar-refractivity contribution in [1.82, 2.24) is 15.1 Å². The summed E-state index contributed by atoms with van der Waals surface area (Å²) in [6.07, 6.45) is 2.47. The summed E-state index contributed by atoms with van der Waals surface area (Å²) in [6, 6.07) is 8.78. The minimum Gasteiger partial charge on any atom is -0.391 e. The van der Waals surface area contributed by atoms with E-state index in [0.29, 0.717) is 6.54 Å². The van der Waals surface area contributed by atoms with Crippen LogP contribution in [0.25, 0.3) is 0 Å². The number of rotatable bonds is 3. The number of amides is 2. The Labute approximate surface area is 151 Å². The number of likely N-dealkylation sites (tertiary alicyclic amines) is 2. The number of nitrogens with one attached hydrogen (secondary N) is 1. The van der Waals surface area contributed by atoms with E-state index in [1.54, 1.807) is 4.90 Å². The van der Waals surface area contributed by atoms with Crippen LogP contribution in [0.3, 0.4) is 0 Å². The summed E-state index contributed by atoms with van der Waals surface area (Å²) in [6.45, 7) is 8.43. The largest absolute Gasteiger partial charge is 0.391 e. The van der Waals surface area contributed by atoms with Crippen LogP contribution >= 0.6 is 0 Å². The monoisotopic (exact) mass is 345 g/mol. The van der Waals surface area contributed by atoms with Crippen LogP contribution < -0.4 is 5.32 Å². The van der Waals surface area contributed by atoms with Gasteiger partial charge in [-0.05, 0) is 43.2 Å². The SMILES string of the molecule is Cc1ccccc1CN1CCC(NC(=O)N2CCC(C)C(O)C2)CC1. The van der Waals surface area contributed by atoms with E-state index in [2.05, 4.69) is 41.4 Å². The van der Waals surface area contributed by atoms with E-state index in [-0.39, 0.29) is 18.0 Å². The summed E-state index contributed by atoms with van der Waals surface area (Å²) >= 11 is 0. The van der Waals surface area contributed by atoms with Crippen LogP contribution in [0, 0.1) is 12.8 Å². The van der Waals surface area contributed by atoms with E-state index in [1.165, 1.54) is 11.1 Å². The third-order valence-corrected chi connectivity index (χ3v) is 5.78. The van der Waals surface area contributed by atoms with Crippen LogP contribution in [0.2, 0.25) is 0 Å². The van der Waals surface area contributed by atoms with Gasteiger partial charge in [0.1, 0.15) is 0 Å². The smallest absolute Gasteiger partial charge is 0.317 e. The molecule has 0 bridgehead atoms. The highest BCUT2D eigenvalue weighted by Crippen LogP contribution is 2.19. The molecule has 5 heteroatoms. The fourth-order valence-corrected chi connectivity index (χ4v) is 3.76. The maximum atomic E-state index is 12.4. The van der Waals surface area contributed by atoms with Gasteiger partial charge in [0.25, 0.3) is 0 Å². The zero-order chi connectivity index (χ0) is 17.8. The van der Waals surface area contributed by atoms with Crippen molar-refractivity contribution in [1.29, 1.82) is 0 Å². The van der Waals surface area contributed by atoms with Crippen molar-refractivity contribution >= 4 is 6.03 Å². The number of carbonyl (C=O) groups is 1. The highest BCUT2D eigenvalue weighted by molar-refractivity contribution is 5.74. The van der Waals surface area contributed by atoms with Crippen LogP contribution in [-0.4, -0.2) is 59.3 Å².